The molecule has 2 unspecified atom stereocenters. The Kier molecular flexibility index (Phi) is 39.8. The normalized spacial score (nSPS) is 12.7. The predicted molar refractivity (Wildman–Crippen MR) is 225 cm³/mol. The van der Waals surface area contributed by atoms with Gasteiger partial charge in [-0.1, -0.05) is 187 Å². The Balaban J connectivity index is 3.89. The van der Waals surface area contributed by atoms with E-state index in [1.54, 1.807) is 0 Å². The molecule has 53 heavy (non-hydrogen) atoms. The molecule has 312 valence electrons. The molecule has 4 N–H and O–H groups in total. The summed E-state index contributed by atoms with van der Waals surface area (Å²) in [7, 11) is 0. The first-order chi connectivity index (χ1) is 25.9. The van der Waals surface area contributed by atoms with Gasteiger partial charge in [0.15, 0.2) is 0 Å². The number of nitrogens with two attached hydrogens (primary N) is 1. The van der Waals surface area contributed by atoms with E-state index in [-0.39, 0.29) is 18.0 Å². The van der Waals surface area contributed by atoms with E-state index < -0.39 is 12.0 Å². The second-order valence-electron chi connectivity index (χ2n) is 15.8. The summed E-state index contributed by atoms with van der Waals surface area (Å²) in [6, 6.07) is -0.867. The number of allylic oxidation sites excluding steroid dienone is 1. The molecule has 0 aliphatic heterocycles. The molecule has 7 nitrogen and oxygen atoms in total. The molecular weight excluding hydrogens is 661 g/mol. The molecular formula is C46H88N2O5. The maximum Gasteiger partial charge on any atom is 0.326 e. The molecule has 0 aromatic rings. The van der Waals surface area contributed by atoms with Crippen LogP contribution in [0.2, 0.25) is 0 Å². The predicted octanol–water partition coefficient (Wildman–Crippen LogP) is 13.1. The maximum absolute atomic E-state index is 12.7. The molecule has 0 rings (SSSR count). The van der Waals surface area contributed by atoms with Gasteiger partial charge in [-0.25, -0.2) is 4.79 Å². The lowest BCUT2D eigenvalue weighted by molar-refractivity contribution is -0.147. The molecule has 0 heterocycles. The lowest BCUT2D eigenvalue weighted by Crippen LogP contribution is -2.40. The van der Waals surface area contributed by atoms with E-state index in [1.807, 2.05) is 0 Å². The Morgan fingerprint density at radius 1 is 0.547 bits per heavy atom. The molecule has 0 bridgehead atoms. The number of carboxylic acid groups (broad SMARTS) is 1. The molecule has 0 radical (unpaired) electrons. The molecule has 2 atom stereocenters. The summed E-state index contributed by atoms with van der Waals surface area (Å²) in [5, 5.41) is 11.9. The number of carboxylic acids is 1. The average Bonchev–Trinajstić information content (AvgIpc) is 3.14. The number of rotatable bonds is 42. The minimum Gasteiger partial charge on any atom is -0.480 e. The summed E-state index contributed by atoms with van der Waals surface area (Å²) < 4.78 is 5.90. The fourth-order valence-electron chi connectivity index (χ4n) is 7.07. The number of carbonyl (C=O) groups excluding carboxylic acids is 2. The van der Waals surface area contributed by atoms with E-state index in [0.29, 0.717) is 38.6 Å². The third-order valence-electron chi connectivity index (χ3n) is 10.6. The van der Waals surface area contributed by atoms with E-state index in [2.05, 4.69) is 31.3 Å². The van der Waals surface area contributed by atoms with E-state index in [1.165, 1.54) is 148 Å². The zero-order chi connectivity index (χ0) is 38.9. The number of unbranched alkanes of at least 4 members (excludes halogenated alkanes) is 28. The third-order valence-corrected chi connectivity index (χ3v) is 10.6. The zero-order valence-electron chi connectivity index (χ0n) is 35.1. The highest BCUT2D eigenvalue weighted by Gasteiger charge is 2.19. The van der Waals surface area contributed by atoms with Crippen LogP contribution in [0.3, 0.4) is 0 Å². The topological polar surface area (TPSA) is 119 Å². The largest absolute Gasteiger partial charge is 0.480 e. The van der Waals surface area contributed by atoms with Crippen LogP contribution < -0.4 is 11.1 Å². The second kappa shape index (κ2) is 41.3. The van der Waals surface area contributed by atoms with Crippen molar-refractivity contribution in [1.29, 1.82) is 0 Å². The lowest BCUT2D eigenvalue weighted by atomic mass is 10.0. The van der Waals surface area contributed by atoms with Gasteiger partial charge in [0.1, 0.15) is 12.1 Å². The van der Waals surface area contributed by atoms with Crippen molar-refractivity contribution in [3.8, 4) is 0 Å². The number of nitrogens with one attached hydrogen (secondary N) is 1. The van der Waals surface area contributed by atoms with Crippen molar-refractivity contribution in [2.24, 2.45) is 5.73 Å². The first-order valence-electron chi connectivity index (χ1n) is 23.0. The number of esters is 1. The quantitative estimate of drug-likeness (QED) is 0.0325. The average molecular weight is 749 g/mol. The maximum atomic E-state index is 12.7. The van der Waals surface area contributed by atoms with Gasteiger partial charge in [-0.15, -0.1) is 0 Å². The van der Waals surface area contributed by atoms with Gasteiger partial charge >= 0.3 is 11.9 Å². The van der Waals surface area contributed by atoms with Crippen LogP contribution in [0.25, 0.3) is 0 Å². The Morgan fingerprint density at radius 3 is 1.42 bits per heavy atom. The number of ether oxygens (including phenoxy) is 1. The Morgan fingerprint density at radius 2 is 0.962 bits per heavy atom. The van der Waals surface area contributed by atoms with Gasteiger partial charge < -0.3 is 20.9 Å². The molecule has 0 aliphatic carbocycles. The first kappa shape index (κ1) is 51.1. The molecule has 0 aliphatic rings. The zero-order valence-corrected chi connectivity index (χ0v) is 35.1. The van der Waals surface area contributed by atoms with Crippen LogP contribution in [0.4, 0.5) is 0 Å². The monoisotopic (exact) mass is 749 g/mol. The standard InChI is InChI=1S/C46H88N2O5/c1-3-5-7-9-10-11-12-13-14-15-16-17-18-19-20-21-22-23-24-25-26-28-34-40-45(50)53-42(36-31-27-8-6-4-2)37-32-29-30-33-39-44(49)48-43(46(51)52)38-35-41-47/h31,36,42-43H,3-30,32-35,37-41,47H2,1-2H3,(H,48,49)(H,51,52)/b36-31-. The van der Waals surface area contributed by atoms with Crippen molar-refractivity contribution in [3.63, 3.8) is 0 Å². The van der Waals surface area contributed by atoms with Crippen LogP contribution in [-0.2, 0) is 19.1 Å². The number of aliphatic carboxylic acids is 1. The lowest BCUT2D eigenvalue weighted by Gasteiger charge is -2.15. The Hall–Kier alpha value is -1.89. The number of hydrogen-bond donors (Lipinski definition) is 3. The van der Waals surface area contributed by atoms with Gasteiger partial charge in [0.2, 0.25) is 5.91 Å². The molecule has 0 aromatic carbocycles. The highest BCUT2D eigenvalue weighted by molar-refractivity contribution is 5.83. The molecule has 0 saturated carbocycles. The highest BCUT2D eigenvalue weighted by atomic mass is 16.5. The van der Waals surface area contributed by atoms with Crippen LogP contribution in [0.5, 0.6) is 0 Å². The highest BCUT2D eigenvalue weighted by Crippen LogP contribution is 2.17. The molecule has 7 heteroatoms. The fraction of sp³-hybridized carbons (Fsp3) is 0.891. The fourth-order valence-corrected chi connectivity index (χ4v) is 7.07. The van der Waals surface area contributed by atoms with Crippen LogP contribution in [0, 0.1) is 0 Å². The third kappa shape index (κ3) is 38.2. The summed E-state index contributed by atoms with van der Waals surface area (Å²) in [5.74, 6) is -1.32. The second-order valence-corrected chi connectivity index (χ2v) is 15.8. The molecule has 1 amide bonds. The SMILES string of the molecule is CCCCC/C=C\C(CCCCCCC(=O)NC(CCCN)C(=O)O)OC(=O)CCCCCCCCCCCCCCCCCCCCCCCCC. The van der Waals surface area contributed by atoms with Gasteiger partial charge in [0.25, 0.3) is 0 Å². The van der Waals surface area contributed by atoms with Gasteiger partial charge in [-0.05, 0) is 64.0 Å². The summed E-state index contributed by atoms with van der Waals surface area (Å²) in [4.78, 5) is 36.2. The number of carbonyl (C=O) groups is 3. The minimum atomic E-state index is -1.01. The van der Waals surface area contributed by atoms with Gasteiger partial charge in [0.05, 0.1) is 0 Å². The van der Waals surface area contributed by atoms with E-state index >= 15 is 0 Å². The summed E-state index contributed by atoms with van der Waals surface area (Å²) in [5.41, 5.74) is 5.47. The Labute approximate surface area is 328 Å². The van der Waals surface area contributed by atoms with Gasteiger partial charge in [-0.3, -0.25) is 9.59 Å². The summed E-state index contributed by atoms with van der Waals surface area (Å²) in [6.45, 7) is 4.90. The van der Waals surface area contributed by atoms with Gasteiger partial charge in [-0.2, -0.15) is 0 Å². The minimum absolute atomic E-state index is 0.0870. The van der Waals surface area contributed by atoms with Crippen molar-refractivity contribution in [1.82, 2.24) is 5.32 Å². The van der Waals surface area contributed by atoms with E-state index in [0.717, 1.165) is 51.4 Å². The number of hydrogen-bond acceptors (Lipinski definition) is 5. The van der Waals surface area contributed by atoms with Crippen molar-refractivity contribution >= 4 is 17.8 Å². The number of amides is 1. The summed E-state index contributed by atoms with van der Waals surface area (Å²) >= 11 is 0. The van der Waals surface area contributed by atoms with Crippen LogP contribution in [0.1, 0.15) is 245 Å². The molecule has 0 fully saturated rings. The van der Waals surface area contributed by atoms with E-state index in [9.17, 15) is 19.5 Å². The Bertz CT molecular complexity index is 848. The van der Waals surface area contributed by atoms with E-state index in [4.69, 9.17) is 10.5 Å². The van der Waals surface area contributed by atoms with Crippen molar-refractivity contribution in [3.05, 3.63) is 12.2 Å². The van der Waals surface area contributed by atoms with Crippen LogP contribution >= 0.6 is 0 Å². The van der Waals surface area contributed by atoms with Crippen LogP contribution in [0.15, 0.2) is 12.2 Å². The van der Waals surface area contributed by atoms with Crippen molar-refractivity contribution in [2.75, 3.05) is 6.54 Å². The van der Waals surface area contributed by atoms with Gasteiger partial charge in [0, 0.05) is 12.8 Å². The summed E-state index contributed by atoms with van der Waals surface area (Å²) in [6.07, 6.45) is 46.0. The molecule has 0 aromatic heterocycles. The van der Waals surface area contributed by atoms with Crippen molar-refractivity contribution in [2.45, 2.75) is 257 Å². The first-order valence-corrected chi connectivity index (χ1v) is 23.0. The van der Waals surface area contributed by atoms with Crippen molar-refractivity contribution < 1.29 is 24.2 Å². The smallest absolute Gasteiger partial charge is 0.326 e. The molecule has 0 saturated heterocycles. The molecule has 0 spiro atoms. The van der Waals surface area contributed by atoms with Crippen LogP contribution in [-0.4, -0.2) is 41.6 Å².